The summed E-state index contributed by atoms with van der Waals surface area (Å²) in [5.41, 5.74) is 0.616. The molecule has 5 nitrogen and oxygen atoms in total. The average molecular weight is 314 g/mol. The third-order valence-electron chi connectivity index (χ3n) is 3.87. The largest absolute Gasteiger partial charge is 0.376 e. The van der Waals surface area contributed by atoms with Gasteiger partial charge in [0.15, 0.2) is 0 Å². The number of hydrogen-bond donors (Lipinski definition) is 1. The van der Waals surface area contributed by atoms with Crippen LogP contribution in [0.5, 0.6) is 0 Å². The number of anilines is 2. The Kier molecular flexibility index (Phi) is 4.71. The lowest BCUT2D eigenvalue weighted by atomic mass is 10.3. The smallest absolute Gasteiger partial charge is 0.241 e. The van der Waals surface area contributed by atoms with Gasteiger partial charge in [-0.1, -0.05) is 12.1 Å². The van der Waals surface area contributed by atoms with E-state index in [9.17, 15) is 9.18 Å². The summed E-state index contributed by atoms with van der Waals surface area (Å²) in [6, 6.07) is 12.0. The first-order chi connectivity index (χ1) is 11.2. The van der Waals surface area contributed by atoms with Crippen LogP contribution in [0.15, 0.2) is 48.7 Å². The highest BCUT2D eigenvalue weighted by Gasteiger charge is 2.21. The van der Waals surface area contributed by atoms with Gasteiger partial charge in [0.05, 0.1) is 6.54 Å². The molecule has 0 aliphatic carbocycles. The van der Waals surface area contributed by atoms with Gasteiger partial charge in [-0.05, 0) is 30.3 Å². The summed E-state index contributed by atoms with van der Waals surface area (Å²) in [5, 5.41) is 2.97. The second-order valence-electron chi connectivity index (χ2n) is 5.42. The Balaban J connectivity index is 1.48. The highest BCUT2D eigenvalue weighted by Crippen LogP contribution is 2.13. The first kappa shape index (κ1) is 15.3. The van der Waals surface area contributed by atoms with Gasteiger partial charge >= 0.3 is 0 Å². The Morgan fingerprint density at radius 1 is 1.13 bits per heavy atom. The van der Waals surface area contributed by atoms with E-state index in [0.717, 1.165) is 18.9 Å². The van der Waals surface area contributed by atoms with Crippen molar-refractivity contribution in [3.63, 3.8) is 0 Å². The monoisotopic (exact) mass is 314 g/mol. The number of nitrogens with zero attached hydrogens (tertiary/aromatic N) is 3. The van der Waals surface area contributed by atoms with Crippen molar-refractivity contribution in [2.24, 2.45) is 0 Å². The maximum atomic E-state index is 13.1. The molecule has 1 aromatic carbocycles. The van der Waals surface area contributed by atoms with Gasteiger partial charge in [0, 0.05) is 38.1 Å². The van der Waals surface area contributed by atoms with Gasteiger partial charge in [-0.25, -0.2) is 9.37 Å². The minimum Gasteiger partial charge on any atom is -0.376 e. The maximum Gasteiger partial charge on any atom is 0.241 e. The zero-order valence-corrected chi connectivity index (χ0v) is 12.8. The predicted octanol–water partition coefficient (Wildman–Crippen LogP) is 1.98. The number of hydrogen-bond acceptors (Lipinski definition) is 4. The number of pyridine rings is 1. The molecule has 1 fully saturated rings. The fraction of sp³-hybridized carbons (Fsp3) is 0.294. The first-order valence-corrected chi connectivity index (χ1v) is 7.65. The standard InChI is InChI=1S/C17H19FN4O/c18-14-4-3-5-15(12-14)20-13-17(23)22-10-8-21(9-11-22)16-6-1-2-7-19-16/h1-7,12,20H,8-11,13H2. The fourth-order valence-electron chi connectivity index (χ4n) is 2.61. The first-order valence-electron chi connectivity index (χ1n) is 7.65. The zero-order chi connectivity index (χ0) is 16.1. The predicted molar refractivity (Wildman–Crippen MR) is 87.9 cm³/mol. The van der Waals surface area contributed by atoms with E-state index in [1.807, 2.05) is 23.1 Å². The Labute approximate surface area is 134 Å². The van der Waals surface area contributed by atoms with E-state index in [1.165, 1.54) is 12.1 Å². The highest BCUT2D eigenvalue weighted by molar-refractivity contribution is 5.81. The SMILES string of the molecule is O=C(CNc1cccc(F)c1)N1CCN(c2ccccn2)CC1. The molecule has 2 heterocycles. The van der Waals surface area contributed by atoms with Crippen molar-refractivity contribution in [2.75, 3.05) is 42.9 Å². The Bertz CT molecular complexity index is 657. The molecule has 1 aliphatic rings. The molecule has 23 heavy (non-hydrogen) atoms. The van der Waals surface area contributed by atoms with Crippen LogP contribution in [0.2, 0.25) is 0 Å². The molecule has 0 spiro atoms. The zero-order valence-electron chi connectivity index (χ0n) is 12.8. The van der Waals surface area contributed by atoms with Crippen molar-refractivity contribution < 1.29 is 9.18 Å². The van der Waals surface area contributed by atoms with Crippen molar-refractivity contribution in [1.29, 1.82) is 0 Å². The summed E-state index contributed by atoms with van der Waals surface area (Å²) in [6.45, 7) is 3.04. The normalized spacial score (nSPS) is 14.7. The molecular weight excluding hydrogens is 295 g/mol. The lowest BCUT2D eigenvalue weighted by Crippen LogP contribution is -2.50. The van der Waals surface area contributed by atoms with Gasteiger partial charge in [-0.2, -0.15) is 0 Å². The molecule has 0 bridgehead atoms. The van der Waals surface area contributed by atoms with Gasteiger partial charge in [0.1, 0.15) is 11.6 Å². The third kappa shape index (κ3) is 3.97. The van der Waals surface area contributed by atoms with Crippen LogP contribution < -0.4 is 10.2 Å². The number of amides is 1. The molecule has 1 saturated heterocycles. The summed E-state index contributed by atoms with van der Waals surface area (Å²) >= 11 is 0. The van der Waals surface area contributed by atoms with Crippen molar-refractivity contribution >= 4 is 17.4 Å². The molecule has 120 valence electrons. The van der Waals surface area contributed by atoms with Crippen LogP contribution in [-0.4, -0.2) is 48.5 Å². The molecular formula is C17H19FN4O. The fourth-order valence-corrected chi connectivity index (χ4v) is 2.61. The highest BCUT2D eigenvalue weighted by atomic mass is 19.1. The van der Waals surface area contributed by atoms with Crippen LogP contribution in [0.1, 0.15) is 0 Å². The Morgan fingerprint density at radius 3 is 2.65 bits per heavy atom. The molecule has 0 atom stereocenters. The number of carbonyl (C=O) groups is 1. The minimum atomic E-state index is -0.313. The molecule has 1 amide bonds. The Morgan fingerprint density at radius 2 is 1.96 bits per heavy atom. The number of nitrogens with one attached hydrogen (secondary N) is 1. The Hall–Kier alpha value is -2.63. The van der Waals surface area contributed by atoms with Crippen LogP contribution >= 0.6 is 0 Å². The van der Waals surface area contributed by atoms with Gasteiger partial charge in [-0.15, -0.1) is 0 Å². The maximum absolute atomic E-state index is 13.1. The molecule has 1 aliphatic heterocycles. The van der Waals surface area contributed by atoms with E-state index in [0.29, 0.717) is 18.8 Å². The van der Waals surface area contributed by atoms with E-state index in [1.54, 1.807) is 18.3 Å². The van der Waals surface area contributed by atoms with E-state index >= 15 is 0 Å². The molecule has 3 rings (SSSR count). The minimum absolute atomic E-state index is 0.0231. The van der Waals surface area contributed by atoms with Gasteiger partial charge in [-0.3, -0.25) is 4.79 Å². The molecule has 1 N–H and O–H groups in total. The van der Waals surface area contributed by atoms with Crippen molar-refractivity contribution in [3.8, 4) is 0 Å². The molecule has 0 saturated carbocycles. The van der Waals surface area contributed by atoms with E-state index in [2.05, 4.69) is 15.2 Å². The molecule has 2 aromatic rings. The number of aromatic nitrogens is 1. The molecule has 0 unspecified atom stereocenters. The second-order valence-corrected chi connectivity index (χ2v) is 5.42. The average Bonchev–Trinajstić information content (AvgIpc) is 2.61. The van der Waals surface area contributed by atoms with Gasteiger partial charge < -0.3 is 15.1 Å². The second kappa shape index (κ2) is 7.09. The molecule has 0 radical (unpaired) electrons. The number of rotatable bonds is 4. The van der Waals surface area contributed by atoms with Crippen LogP contribution in [0, 0.1) is 5.82 Å². The summed E-state index contributed by atoms with van der Waals surface area (Å²) < 4.78 is 13.1. The number of halogens is 1. The lowest BCUT2D eigenvalue weighted by Gasteiger charge is -2.35. The van der Waals surface area contributed by atoms with Crippen LogP contribution in [0.4, 0.5) is 15.9 Å². The van der Waals surface area contributed by atoms with Crippen molar-refractivity contribution in [2.45, 2.75) is 0 Å². The van der Waals surface area contributed by atoms with Gasteiger partial charge in [0.2, 0.25) is 5.91 Å². The third-order valence-corrected chi connectivity index (χ3v) is 3.87. The van der Waals surface area contributed by atoms with E-state index in [-0.39, 0.29) is 18.3 Å². The van der Waals surface area contributed by atoms with Gasteiger partial charge in [0.25, 0.3) is 0 Å². The summed E-state index contributed by atoms with van der Waals surface area (Å²) in [7, 11) is 0. The van der Waals surface area contributed by atoms with Crippen LogP contribution in [0.25, 0.3) is 0 Å². The quantitative estimate of drug-likeness (QED) is 0.937. The lowest BCUT2D eigenvalue weighted by molar-refractivity contribution is -0.129. The number of piperazine rings is 1. The number of benzene rings is 1. The van der Waals surface area contributed by atoms with E-state index < -0.39 is 0 Å². The van der Waals surface area contributed by atoms with Crippen LogP contribution in [-0.2, 0) is 4.79 Å². The van der Waals surface area contributed by atoms with Crippen molar-refractivity contribution in [1.82, 2.24) is 9.88 Å². The van der Waals surface area contributed by atoms with Crippen LogP contribution in [0.3, 0.4) is 0 Å². The van der Waals surface area contributed by atoms with E-state index in [4.69, 9.17) is 0 Å². The summed E-state index contributed by atoms with van der Waals surface area (Å²) in [6.07, 6.45) is 1.77. The summed E-state index contributed by atoms with van der Waals surface area (Å²) in [4.78, 5) is 20.6. The summed E-state index contributed by atoms with van der Waals surface area (Å²) in [5.74, 6) is 0.652. The van der Waals surface area contributed by atoms with Crippen molar-refractivity contribution in [3.05, 3.63) is 54.5 Å². The number of carbonyl (C=O) groups excluding carboxylic acids is 1. The molecule has 6 heteroatoms. The topological polar surface area (TPSA) is 48.5 Å². The molecule has 1 aromatic heterocycles.